The van der Waals surface area contributed by atoms with Crippen LogP contribution in [0.4, 0.5) is 35.4 Å². The van der Waals surface area contributed by atoms with Gasteiger partial charge >= 0.3 is 12.1 Å². The van der Waals surface area contributed by atoms with Gasteiger partial charge in [0.1, 0.15) is 11.8 Å². The van der Waals surface area contributed by atoms with E-state index in [4.69, 9.17) is 21.7 Å². The van der Waals surface area contributed by atoms with Gasteiger partial charge in [-0.2, -0.15) is 0 Å². The lowest BCUT2D eigenvalue weighted by Gasteiger charge is -2.25. The number of urea groups is 1. The van der Waals surface area contributed by atoms with Gasteiger partial charge in [-0.3, -0.25) is 9.91 Å². The molecule has 0 spiro atoms. The van der Waals surface area contributed by atoms with Crippen molar-refractivity contribution >= 4 is 46.6 Å². The highest BCUT2D eigenvalue weighted by Gasteiger charge is 2.34. The molecule has 40 heavy (non-hydrogen) atoms. The van der Waals surface area contributed by atoms with E-state index in [1.807, 2.05) is 43.3 Å². The average molecular weight is 578 g/mol. The first-order valence-electron chi connectivity index (χ1n) is 12.8. The van der Waals surface area contributed by atoms with Crippen molar-refractivity contribution in [2.75, 3.05) is 75.2 Å². The highest BCUT2D eigenvalue weighted by molar-refractivity contribution is 7.80. The van der Waals surface area contributed by atoms with Gasteiger partial charge < -0.3 is 29.9 Å². The highest BCUT2D eigenvalue weighted by Crippen LogP contribution is 2.31. The number of thiocarbonyl (C=S) groups is 1. The molecule has 0 aliphatic carbocycles. The molecule has 2 aromatic carbocycles. The number of hydrogen-bond donors (Lipinski definition) is 3. The molecule has 1 atom stereocenters. The van der Waals surface area contributed by atoms with Gasteiger partial charge in [0, 0.05) is 58.1 Å². The van der Waals surface area contributed by atoms with E-state index in [0.29, 0.717) is 13.1 Å². The minimum atomic E-state index is -0.816. The lowest BCUT2D eigenvalue weighted by Crippen LogP contribution is -2.48. The zero-order chi connectivity index (χ0) is 28.8. The Labute approximate surface area is 236 Å². The van der Waals surface area contributed by atoms with Gasteiger partial charge in [-0.05, 0) is 29.9 Å². The molecule has 11 nitrogen and oxygen atoms in total. The Hall–Kier alpha value is -3.91. The zero-order valence-electron chi connectivity index (χ0n) is 22.6. The number of anilines is 3. The van der Waals surface area contributed by atoms with Crippen LogP contribution in [-0.4, -0.2) is 88.9 Å². The van der Waals surface area contributed by atoms with Crippen molar-refractivity contribution < 1.29 is 27.8 Å². The lowest BCUT2D eigenvalue weighted by molar-refractivity contribution is 0.142. The molecule has 14 heteroatoms. The predicted molar refractivity (Wildman–Crippen MR) is 152 cm³/mol. The van der Waals surface area contributed by atoms with Crippen LogP contribution in [-0.2, 0) is 16.0 Å². The molecule has 0 radical (unpaired) electrons. The van der Waals surface area contributed by atoms with Crippen molar-refractivity contribution in [2.45, 2.75) is 12.6 Å². The number of nitrogens with one attached hydrogen (secondary N) is 3. The first-order valence-corrected chi connectivity index (χ1v) is 13.2. The first kappa shape index (κ1) is 29.1. The Morgan fingerprint density at radius 2 is 1.85 bits per heavy atom. The van der Waals surface area contributed by atoms with E-state index in [0.717, 1.165) is 23.4 Å². The van der Waals surface area contributed by atoms with Gasteiger partial charge in [-0.25, -0.2) is 23.8 Å². The zero-order valence-corrected chi connectivity index (χ0v) is 23.4. The number of hydrogen-bond acceptors (Lipinski definition) is 8. The van der Waals surface area contributed by atoms with Crippen LogP contribution < -0.4 is 30.8 Å². The first-order chi connectivity index (χ1) is 19.2. The van der Waals surface area contributed by atoms with Crippen molar-refractivity contribution in [3.05, 3.63) is 53.6 Å². The number of halogens is 2. The molecule has 2 heterocycles. The monoisotopic (exact) mass is 577 g/mol. The summed E-state index contributed by atoms with van der Waals surface area (Å²) in [7, 11) is 5.32. The van der Waals surface area contributed by atoms with Crippen molar-refractivity contribution in [1.29, 1.82) is 0 Å². The third kappa shape index (κ3) is 6.99. The molecule has 2 aliphatic heterocycles. The molecule has 2 aliphatic rings. The summed E-state index contributed by atoms with van der Waals surface area (Å²) in [5.74, 6) is -1.63. The number of nitrogens with zero attached hydrogens (tertiary/aromatic N) is 4. The third-order valence-electron chi connectivity index (χ3n) is 6.58. The Balaban J connectivity index is 1.34. The quantitative estimate of drug-likeness (QED) is 0.429. The molecule has 4 rings (SSSR count). The Bertz CT molecular complexity index is 1210. The normalized spacial score (nSPS) is 17.3. The number of cyclic esters (lactones) is 1. The second-order valence-corrected chi connectivity index (χ2v) is 9.88. The molecule has 2 aromatic rings. The van der Waals surface area contributed by atoms with Crippen molar-refractivity contribution in [1.82, 2.24) is 21.1 Å². The molecule has 216 valence electrons. The largest absolute Gasteiger partial charge is 0.474 e. The molecule has 0 saturated carbocycles. The molecule has 2 fully saturated rings. The van der Waals surface area contributed by atoms with E-state index in [1.165, 1.54) is 21.9 Å². The van der Waals surface area contributed by atoms with Crippen molar-refractivity contribution in [3.8, 4) is 0 Å². The molecule has 2 saturated heterocycles. The van der Waals surface area contributed by atoms with E-state index in [-0.39, 0.29) is 55.3 Å². The molecule has 3 N–H and O–H groups in total. The van der Waals surface area contributed by atoms with E-state index in [2.05, 4.69) is 16.1 Å². The molecular formula is C26H33F2N7O4S. The number of rotatable bonds is 7. The van der Waals surface area contributed by atoms with Crippen molar-refractivity contribution in [3.63, 3.8) is 0 Å². The number of hydrazine groups is 1. The molecule has 0 aromatic heterocycles. The van der Waals surface area contributed by atoms with Gasteiger partial charge in [0.05, 0.1) is 32.4 Å². The van der Waals surface area contributed by atoms with Gasteiger partial charge in [0.2, 0.25) is 0 Å². The molecule has 0 bridgehead atoms. The number of methoxy groups -OCH3 is 1. The summed E-state index contributed by atoms with van der Waals surface area (Å²) in [4.78, 5) is 29.8. The highest BCUT2D eigenvalue weighted by atomic mass is 32.1. The summed E-state index contributed by atoms with van der Waals surface area (Å²) in [6.07, 6.45) is -1.28. The van der Waals surface area contributed by atoms with E-state index < -0.39 is 23.8 Å². The lowest BCUT2D eigenvalue weighted by atomic mass is 10.2. The summed E-state index contributed by atoms with van der Waals surface area (Å²) in [5, 5.41) is 7.21. The summed E-state index contributed by atoms with van der Waals surface area (Å²) in [6, 6.07) is 9.71. The maximum atomic E-state index is 15.2. The summed E-state index contributed by atoms with van der Waals surface area (Å²) in [6.45, 7) is 1.59. The van der Waals surface area contributed by atoms with Crippen LogP contribution in [0.25, 0.3) is 0 Å². The van der Waals surface area contributed by atoms with Crippen LogP contribution in [0.5, 0.6) is 0 Å². The topological polar surface area (TPSA) is 102 Å². The summed E-state index contributed by atoms with van der Waals surface area (Å²) < 4.78 is 40.6. The van der Waals surface area contributed by atoms with Crippen LogP contribution in [0.3, 0.4) is 0 Å². The maximum absolute atomic E-state index is 15.2. The van der Waals surface area contributed by atoms with E-state index in [1.54, 1.807) is 0 Å². The smallest absolute Gasteiger partial charge is 0.414 e. The fourth-order valence-corrected chi connectivity index (χ4v) is 4.51. The Morgan fingerprint density at radius 1 is 1.15 bits per heavy atom. The van der Waals surface area contributed by atoms with Crippen LogP contribution >= 0.6 is 12.2 Å². The van der Waals surface area contributed by atoms with Crippen LogP contribution in [0.1, 0.15) is 5.56 Å². The number of carbonyl (C=O) groups excluding carboxylic acids is 2. The minimum absolute atomic E-state index is 0.0492. The summed E-state index contributed by atoms with van der Waals surface area (Å²) >= 11 is 4.91. The van der Waals surface area contributed by atoms with Crippen LogP contribution in [0, 0.1) is 11.6 Å². The van der Waals surface area contributed by atoms with Gasteiger partial charge in [-0.15, -0.1) is 0 Å². The average Bonchev–Trinajstić information content (AvgIpc) is 3.14. The fourth-order valence-electron chi connectivity index (χ4n) is 4.43. The van der Waals surface area contributed by atoms with Gasteiger partial charge in [-0.1, -0.05) is 12.1 Å². The standard InChI is InChI=1S/C26H33F2N7O4S/c1-32(2)18-6-4-17(5-7-18)14-29-24(36)35-11-10-33(9-8-31-35)23-21(27)12-19(13-22(23)28)34-16-20(39-26(34)37)15-30-25(40)38-3/h4-7,12-13,20,31H,8-11,14-16H2,1-3H3,(H,29,36)(H,30,40)/t20-/m0/s1. The van der Waals surface area contributed by atoms with Crippen molar-refractivity contribution in [2.24, 2.45) is 0 Å². The summed E-state index contributed by atoms with van der Waals surface area (Å²) in [5.41, 5.74) is 4.84. The number of amides is 3. The number of carbonyl (C=O) groups is 2. The molecule has 3 amide bonds. The van der Waals surface area contributed by atoms with E-state index >= 15 is 8.78 Å². The minimum Gasteiger partial charge on any atom is -0.474 e. The second-order valence-electron chi connectivity index (χ2n) is 9.51. The molecular weight excluding hydrogens is 544 g/mol. The predicted octanol–water partition coefficient (Wildman–Crippen LogP) is 2.41. The molecule has 0 unspecified atom stereocenters. The maximum Gasteiger partial charge on any atom is 0.414 e. The SMILES string of the molecule is COC(=S)NC[C@H]1CN(c2cc(F)c(N3CCNN(C(=O)NCc4ccc(N(C)C)cc4)CC3)c(F)c2)C(=O)O1. The van der Waals surface area contributed by atoms with Crippen LogP contribution in [0.15, 0.2) is 36.4 Å². The fraction of sp³-hybridized carbons (Fsp3) is 0.423. The van der Waals surface area contributed by atoms with E-state index in [9.17, 15) is 9.59 Å². The number of ether oxygens (including phenoxy) is 2. The number of benzene rings is 2. The third-order valence-corrected chi connectivity index (χ3v) is 6.89. The van der Waals surface area contributed by atoms with Gasteiger partial charge in [0.15, 0.2) is 11.6 Å². The second kappa shape index (κ2) is 13.0. The van der Waals surface area contributed by atoms with Gasteiger partial charge in [0.25, 0.3) is 5.17 Å². The Morgan fingerprint density at radius 3 is 2.50 bits per heavy atom. The Kier molecular flexibility index (Phi) is 9.42. The van der Waals surface area contributed by atoms with Crippen LogP contribution in [0.2, 0.25) is 0 Å².